The fourth-order valence-corrected chi connectivity index (χ4v) is 4.48. The third-order valence-corrected chi connectivity index (χ3v) is 6.52. The number of nitrogens with one attached hydrogen (secondary N) is 2. The van der Waals surface area contributed by atoms with Crippen LogP contribution in [0.15, 0.2) is 65.1 Å². The van der Waals surface area contributed by atoms with Crippen molar-refractivity contribution in [3.8, 4) is 11.3 Å². The molecular formula is C26H26Cl2N4O2S. The van der Waals surface area contributed by atoms with E-state index >= 15 is 0 Å². The van der Waals surface area contributed by atoms with E-state index in [1.807, 2.05) is 36.4 Å². The summed E-state index contributed by atoms with van der Waals surface area (Å²) in [6.45, 7) is 7.18. The van der Waals surface area contributed by atoms with E-state index in [0.717, 1.165) is 44.0 Å². The minimum Gasteiger partial charge on any atom is -0.457 e. The van der Waals surface area contributed by atoms with Gasteiger partial charge >= 0.3 is 0 Å². The molecule has 35 heavy (non-hydrogen) atoms. The average molecular weight is 529 g/mol. The Bertz CT molecular complexity index is 1220. The minimum absolute atomic E-state index is 0.182. The molecule has 2 heterocycles. The molecular weight excluding hydrogens is 503 g/mol. The highest BCUT2D eigenvalue weighted by atomic mass is 35.5. The second-order valence-corrected chi connectivity index (χ2v) is 9.33. The highest BCUT2D eigenvalue weighted by molar-refractivity contribution is 7.80. The van der Waals surface area contributed by atoms with Gasteiger partial charge in [0, 0.05) is 48.5 Å². The Labute approximate surface area is 220 Å². The number of halogens is 2. The van der Waals surface area contributed by atoms with Crippen molar-refractivity contribution >= 4 is 63.9 Å². The van der Waals surface area contributed by atoms with Gasteiger partial charge in [-0.3, -0.25) is 10.1 Å². The molecule has 0 saturated carbocycles. The van der Waals surface area contributed by atoms with Gasteiger partial charge in [-0.1, -0.05) is 30.1 Å². The number of furan rings is 1. The predicted octanol–water partition coefficient (Wildman–Crippen LogP) is 5.92. The Morgan fingerprint density at radius 3 is 2.49 bits per heavy atom. The molecule has 3 aromatic rings. The van der Waals surface area contributed by atoms with Crippen LogP contribution in [0.3, 0.4) is 0 Å². The normalized spacial score (nSPS) is 14.3. The number of carbonyl (C=O) groups excluding carboxylic acids is 1. The van der Waals surface area contributed by atoms with Crippen molar-refractivity contribution in [2.24, 2.45) is 0 Å². The van der Waals surface area contributed by atoms with Crippen LogP contribution in [0.4, 0.5) is 11.4 Å². The summed E-state index contributed by atoms with van der Waals surface area (Å²) >= 11 is 17.7. The maximum absolute atomic E-state index is 12.3. The number of thiocarbonyl (C=S) groups is 1. The summed E-state index contributed by atoms with van der Waals surface area (Å²) in [5.74, 6) is 0.862. The Hall–Kier alpha value is -2.84. The number of benzene rings is 2. The highest BCUT2D eigenvalue weighted by Crippen LogP contribution is 2.30. The lowest BCUT2D eigenvalue weighted by Gasteiger charge is -2.36. The van der Waals surface area contributed by atoms with E-state index in [1.165, 1.54) is 6.08 Å². The number of hydrogen-bond acceptors (Lipinski definition) is 5. The lowest BCUT2D eigenvalue weighted by atomic mass is 10.2. The lowest BCUT2D eigenvalue weighted by Crippen LogP contribution is -2.46. The zero-order valence-corrected chi connectivity index (χ0v) is 21.6. The maximum Gasteiger partial charge on any atom is 0.250 e. The number of piperazine rings is 1. The molecule has 0 bridgehead atoms. The molecule has 0 spiro atoms. The summed E-state index contributed by atoms with van der Waals surface area (Å²) in [4.78, 5) is 17.0. The summed E-state index contributed by atoms with van der Waals surface area (Å²) in [7, 11) is 0. The summed E-state index contributed by atoms with van der Waals surface area (Å²) < 4.78 is 5.77. The Morgan fingerprint density at radius 2 is 1.80 bits per heavy atom. The molecule has 9 heteroatoms. The molecule has 0 atom stereocenters. The van der Waals surface area contributed by atoms with Gasteiger partial charge in [0.2, 0.25) is 5.91 Å². The highest BCUT2D eigenvalue weighted by Gasteiger charge is 2.18. The van der Waals surface area contributed by atoms with Gasteiger partial charge in [-0.25, -0.2) is 0 Å². The number of rotatable bonds is 6. The summed E-state index contributed by atoms with van der Waals surface area (Å²) in [5, 5.41) is 7.12. The van der Waals surface area contributed by atoms with Crippen LogP contribution in [-0.4, -0.2) is 48.6 Å². The first kappa shape index (κ1) is 25.3. The smallest absolute Gasteiger partial charge is 0.250 e. The second kappa shape index (κ2) is 11.7. The maximum atomic E-state index is 12.3. The van der Waals surface area contributed by atoms with E-state index in [0.29, 0.717) is 27.3 Å². The second-order valence-electron chi connectivity index (χ2n) is 8.07. The van der Waals surface area contributed by atoms with E-state index in [-0.39, 0.29) is 11.0 Å². The van der Waals surface area contributed by atoms with Gasteiger partial charge in [0.1, 0.15) is 11.5 Å². The van der Waals surface area contributed by atoms with Crippen LogP contribution in [0.25, 0.3) is 17.4 Å². The number of hydrogen-bond donors (Lipinski definition) is 2. The molecule has 1 saturated heterocycles. The Balaban J connectivity index is 1.29. The molecule has 182 valence electrons. The number of nitrogens with zero attached hydrogens (tertiary/aromatic N) is 2. The predicted molar refractivity (Wildman–Crippen MR) is 148 cm³/mol. The zero-order valence-electron chi connectivity index (χ0n) is 19.3. The fraction of sp³-hybridized carbons (Fsp3) is 0.231. The topological polar surface area (TPSA) is 60.8 Å². The molecule has 6 nitrogen and oxygen atoms in total. The molecule has 1 aliphatic rings. The molecule has 0 radical (unpaired) electrons. The standard InChI is InChI=1S/C26H26Cl2N4O2S/c1-2-31-13-15-32(16-14-31)23-10-7-20(17-22(23)28)29-26(35)30-25(33)12-9-21-8-11-24(34-21)18-3-5-19(27)6-4-18/h3-12,17H,2,13-16H2,1H3,(H2,29,30,33,35). The van der Waals surface area contributed by atoms with Crippen molar-refractivity contribution in [2.45, 2.75) is 6.92 Å². The number of amides is 1. The molecule has 1 fully saturated rings. The van der Waals surface area contributed by atoms with Crippen LogP contribution >= 0.6 is 35.4 Å². The summed E-state index contributed by atoms with van der Waals surface area (Å²) in [5.41, 5.74) is 2.61. The van der Waals surface area contributed by atoms with Crippen LogP contribution < -0.4 is 15.5 Å². The van der Waals surface area contributed by atoms with E-state index in [1.54, 1.807) is 24.3 Å². The third kappa shape index (κ3) is 6.86. The van der Waals surface area contributed by atoms with Crippen LogP contribution in [0, 0.1) is 0 Å². The first-order chi connectivity index (χ1) is 16.9. The molecule has 0 aliphatic carbocycles. The quantitative estimate of drug-likeness (QED) is 0.305. The van der Waals surface area contributed by atoms with Crippen LogP contribution in [0.5, 0.6) is 0 Å². The van der Waals surface area contributed by atoms with Crippen LogP contribution in [0.1, 0.15) is 12.7 Å². The molecule has 1 aromatic heterocycles. The lowest BCUT2D eigenvalue weighted by molar-refractivity contribution is -0.115. The van der Waals surface area contributed by atoms with Gasteiger partial charge < -0.3 is 19.5 Å². The summed E-state index contributed by atoms with van der Waals surface area (Å²) in [6, 6.07) is 16.7. The first-order valence-electron chi connectivity index (χ1n) is 11.3. The minimum atomic E-state index is -0.372. The Kier molecular flexibility index (Phi) is 8.46. The zero-order chi connectivity index (χ0) is 24.8. The van der Waals surface area contributed by atoms with Crippen molar-refractivity contribution < 1.29 is 9.21 Å². The van der Waals surface area contributed by atoms with Crippen molar-refractivity contribution in [3.63, 3.8) is 0 Å². The SMILES string of the molecule is CCN1CCN(c2ccc(NC(=S)NC(=O)C=Cc3ccc(-c4ccc(Cl)cc4)o3)cc2Cl)CC1. The van der Waals surface area contributed by atoms with Crippen LogP contribution in [-0.2, 0) is 4.79 Å². The van der Waals surface area contributed by atoms with Gasteiger partial charge in [0.05, 0.1) is 10.7 Å². The average Bonchev–Trinajstić information content (AvgIpc) is 3.32. The van der Waals surface area contributed by atoms with Crippen molar-refractivity contribution in [1.82, 2.24) is 10.2 Å². The largest absolute Gasteiger partial charge is 0.457 e. The molecule has 4 rings (SSSR count). The van der Waals surface area contributed by atoms with Gasteiger partial charge in [0.15, 0.2) is 5.11 Å². The first-order valence-corrected chi connectivity index (χ1v) is 12.5. The van der Waals surface area contributed by atoms with E-state index in [2.05, 4.69) is 27.4 Å². The van der Waals surface area contributed by atoms with E-state index < -0.39 is 0 Å². The van der Waals surface area contributed by atoms with Gasteiger partial charge in [-0.2, -0.15) is 0 Å². The fourth-order valence-electron chi connectivity index (χ4n) is 3.83. The molecule has 2 N–H and O–H groups in total. The van der Waals surface area contributed by atoms with E-state index in [4.69, 9.17) is 39.8 Å². The van der Waals surface area contributed by atoms with E-state index in [9.17, 15) is 4.79 Å². The summed E-state index contributed by atoms with van der Waals surface area (Å²) in [6.07, 6.45) is 2.95. The molecule has 1 aliphatic heterocycles. The van der Waals surface area contributed by atoms with Crippen molar-refractivity contribution in [1.29, 1.82) is 0 Å². The van der Waals surface area contributed by atoms with Crippen molar-refractivity contribution in [2.75, 3.05) is 42.9 Å². The molecule has 0 unspecified atom stereocenters. The van der Waals surface area contributed by atoms with Gasteiger partial charge in [0.25, 0.3) is 0 Å². The third-order valence-electron chi connectivity index (χ3n) is 5.76. The monoisotopic (exact) mass is 528 g/mol. The number of likely N-dealkylation sites (N-methyl/N-ethyl adjacent to an activating group) is 1. The Morgan fingerprint density at radius 1 is 1.06 bits per heavy atom. The van der Waals surface area contributed by atoms with Gasteiger partial charge in [-0.05, 0) is 79.4 Å². The number of carbonyl (C=O) groups is 1. The van der Waals surface area contributed by atoms with Crippen LogP contribution in [0.2, 0.25) is 10.0 Å². The van der Waals surface area contributed by atoms with Gasteiger partial charge in [-0.15, -0.1) is 0 Å². The molecule has 1 amide bonds. The molecule has 2 aromatic carbocycles. The number of anilines is 2. The van der Waals surface area contributed by atoms with Crippen molar-refractivity contribution in [3.05, 3.63) is 76.5 Å².